The van der Waals surface area contributed by atoms with E-state index in [1.807, 2.05) is 0 Å². The van der Waals surface area contributed by atoms with E-state index in [0.717, 1.165) is 5.01 Å². The number of unbranched alkanes of at least 4 members (excludes halogenated alkanes) is 2. The second-order valence-corrected chi connectivity index (χ2v) is 10.4. The molecule has 15 heteroatoms. The van der Waals surface area contributed by atoms with Crippen LogP contribution in [0.2, 0.25) is 0 Å². The number of urea groups is 1. The number of hydrogen-bond donors (Lipinski definition) is 8. The largest absolute Gasteiger partial charge is 0.481 e. The Morgan fingerprint density at radius 1 is 0.884 bits per heavy atom. The standard InChI is InChI=1S/C28H42N8O7/c29-15-7-6-11-20-26(41)33-19(10-4-5-12-23(30)31)22(37)13-14-24(38)32-21(16-25(39)40)27(42)35-36(28(43)34-20)17-18-8-2-1-3-9-18/h1-3,8-9,19-21H,4-7,10-17,29H2,(H3,30,31)(H,32,38)(H,33,41)(H,34,43)(H,35,42)(H,39,40)/t19-,20-,21-/m0/s1. The smallest absolute Gasteiger partial charge is 0.337 e. The molecule has 3 atom stereocenters. The number of rotatable bonds is 13. The number of hydrazine groups is 1. The van der Waals surface area contributed by atoms with Crippen molar-refractivity contribution in [3.63, 3.8) is 0 Å². The number of carboxylic acids is 1. The molecule has 2 rings (SSSR count). The van der Waals surface area contributed by atoms with Gasteiger partial charge in [-0.1, -0.05) is 36.8 Å². The van der Waals surface area contributed by atoms with Crippen LogP contribution >= 0.6 is 0 Å². The van der Waals surface area contributed by atoms with E-state index >= 15 is 0 Å². The molecule has 1 saturated heterocycles. The van der Waals surface area contributed by atoms with Gasteiger partial charge in [-0.15, -0.1) is 0 Å². The fourth-order valence-electron chi connectivity index (χ4n) is 4.44. The normalized spacial score (nSPS) is 20.6. The van der Waals surface area contributed by atoms with Gasteiger partial charge in [0.15, 0.2) is 5.78 Å². The minimum atomic E-state index is -1.54. The zero-order valence-electron chi connectivity index (χ0n) is 24.1. The fourth-order valence-corrected chi connectivity index (χ4v) is 4.44. The molecule has 0 bridgehead atoms. The van der Waals surface area contributed by atoms with Gasteiger partial charge in [0, 0.05) is 19.3 Å². The Morgan fingerprint density at radius 2 is 1.56 bits per heavy atom. The van der Waals surface area contributed by atoms with Crippen LogP contribution in [0.3, 0.4) is 0 Å². The zero-order valence-corrected chi connectivity index (χ0v) is 24.1. The van der Waals surface area contributed by atoms with E-state index in [1.54, 1.807) is 30.3 Å². The quantitative estimate of drug-likeness (QED) is 0.0860. The van der Waals surface area contributed by atoms with E-state index in [4.69, 9.17) is 16.9 Å². The van der Waals surface area contributed by atoms with Gasteiger partial charge in [0.05, 0.1) is 24.8 Å². The number of Topliss-reactive ketones (excluding diaryl/α,β-unsaturated/α-hetero) is 1. The van der Waals surface area contributed by atoms with Gasteiger partial charge in [0.2, 0.25) is 11.8 Å². The van der Waals surface area contributed by atoms with E-state index in [1.165, 1.54) is 0 Å². The summed E-state index contributed by atoms with van der Waals surface area (Å²) in [5, 5.41) is 25.3. The van der Waals surface area contributed by atoms with Crippen LogP contribution in [0.4, 0.5) is 4.79 Å². The molecule has 15 nitrogen and oxygen atoms in total. The second-order valence-electron chi connectivity index (χ2n) is 10.4. The molecular formula is C28H42N8O7. The third kappa shape index (κ3) is 12.9. The van der Waals surface area contributed by atoms with E-state index in [0.29, 0.717) is 44.2 Å². The number of aliphatic carboxylic acids is 1. The molecule has 1 aliphatic heterocycles. The number of amides is 5. The maximum absolute atomic E-state index is 13.5. The van der Waals surface area contributed by atoms with Crippen molar-refractivity contribution in [2.24, 2.45) is 11.5 Å². The molecule has 236 valence electrons. The van der Waals surface area contributed by atoms with Crippen molar-refractivity contribution in [3.8, 4) is 0 Å². The Hall–Kier alpha value is -4.53. The van der Waals surface area contributed by atoms with Crippen molar-refractivity contribution in [3.05, 3.63) is 35.9 Å². The molecule has 0 spiro atoms. The number of nitrogens with two attached hydrogens (primary N) is 2. The van der Waals surface area contributed by atoms with Gasteiger partial charge in [-0.05, 0) is 44.2 Å². The first kappa shape index (κ1) is 34.7. The predicted octanol–water partition coefficient (Wildman–Crippen LogP) is 0.0306. The molecule has 1 aliphatic rings. The molecule has 43 heavy (non-hydrogen) atoms. The summed E-state index contributed by atoms with van der Waals surface area (Å²) in [6.07, 6.45) is 1.33. The minimum Gasteiger partial charge on any atom is -0.481 e. The Bertz CT molecular complexity index is 1150. The summed E-state index contributed by atoms with van der Waals surface area (Å²) in [7, 11) is 0. The van der Waals surface area contributed by atoms with Crippen LogP contribution in [0, 0.1) is 5.41 Å². The van der Waals surface area contributed by atoms with E-state index in [2.05, 4.69) is 21.4 Å². The topological polar surface area (TPSA) is 250 Å². The van der Waals surface area contributed by atoms with Crippen LogP contribution in [0.25, 0.3) is 0 Å². The van der Waals surface area contributed by atoms with Crippen molar-refractivity contribution in [1.82, 2.24) is 26.4 Å². The molecule has 1 aromatic rings. The highest BCUT2D eigenvalue weighted by atomic mass is 16.4. The van der Waals surface area contributed by atoms with Crippen LogP contribution in [-0.2, 0) is 30.5 Å². The number of amidine groups is 1. The summed E-state index contributed by atoms with van der Waals surface area (Å²) in [5.41, 5.74) is 14.0. The van der Waals surface area contributed by atoms with Crippen LogP contribution < -0.4 is 32.8 Å². The molecule has 1 fully saturated rings. The Kier molecular flexibility index (Phi) is 14.6. The SMILES string of the molecule is N=C(N)CCCC[C@@H]1NC(=O)[C@H](CCCCN)NC(=O)N(Cc2ccccc2)NC(=O)[C@H](CC(=O)O)NC(=O)CCC1=O. The van der Waals surface area contributed by atoms with Crippen molar-refractivity contribution in [1.29, 1.82) is 5.41 Å². The Morgan fingerprint density at radius 3 is 2.21 bits per heavy atom. The summed E-state index contributed by atoms with van der Waals surface area (Å²) >= 11 is 0. The third-order valence-corrected chi connectivity index (χ3v) is 6.76. The van der Waals surface area contributed by atoms with Crippen LogP contribution in [-0.4, -0.2) is 76.1 Å². The van der Waals surface area contributed by atoms with Crippen molar-refractivity contribution < 1.29 is 33.9 Å². The lowest BCUT2D eigenvalue weighted by atomic mass is 9.99. The van der Waals surface area contributed by atoms with Gasteiger partial charge in [0.25, 0.3) is 5.91 Å². The molecule has 0 aliphatic carbocycles. The first-order valence-corrected chi connectivity index (χ1v) is 14.3. The summed E-state index contributed by atoms with van der Waals surface area (Å²) in [6, 6.07) is 4.16. The van der Waals surface area contributed by atoms with E-state index in [9.17, 15) is 33.9 Å². The zero-order chi connectivity index (χ0) is 31.8. The highest BCUT2D eigenvalue weighted by Crippen LogP contribution is 2.12. The molecule has 0 unspecified atom stereocenters. The molecule has 1 heterocycles. The maximum atomic E-state index is 13.5. The van der Waals surface area contributed by atoms with Crippen molar-refractivity contribution >= 4 is 41.3 Å². The van der Waals surface area contributed by atoms with Gasteiger partial charge in [-0.2, -0.15) is 0 Å². The fraction of sp³-hybridized carbons (Fsp3) is 0.536. The average molecular weight is 603 g/mol. The number of nitrogens with zero attached hydrogens (tertiary/aromatic N) is 1. The van der Waals surface area contributed by atoms with Crippen LogP contribution in [0.1, 0.15) is 69.8 Å². The monoisotopic (exact) mass is 602 g/mol. The minimum absolute atomic E-state index is 0.00378. The van der Waals surface area contributed by atoms with Crippen LogP contribution in [0.15, 0.2) is 30.3 Å². The summed E-state index contributed by atoms with van der Waals surface area (Å²) in [4.78, 5) is 77.4. The Balaban J connectivity index is 2.42. The van der Waals surface area contributed by atoms with Crippen molar-refractivity contribution in [2.45, 2.75) is 88.9 Å². The van der Waals surface area contributed by atoms with Gasteiger partial charge in [-0.25, -0.2) is 9.80 Å². The number of carbonyl (C=O) groups is 6. The molecular weight excluding hydrogens is 560 g/mol. The molecule has 0 saturated carbocycles. The highest BCUT2D eigenvalue weighted by molar-refractivity contribution is 5.96. The van der Waals surface area contributed by atoms with Gasteiger partial charge in [-0.3, -0.25) is 34.8 Å². The number of nitrogens with one attached hydrogen (secondary N) is 5. The number of carboxylic acid groups (broad SMARTS) is 1. The molecule has 0 radical (unpaired) electrons. The number of hydrogen-bond acceptors (Lipinski definition) is 8. The van der Waals surface area contributed by atoms with Crippen LogP contribution in [0.5, 0.6) is 0 Å². The first-order chi connectivity index (χ1) is 20.5. The lowest BCUT2D eigenvalue weighted by Gasteiger charge is -2.28. The molecule has 5 amide bonds. The first-order valence-electron chi connectivity index (χ1n) is 14.3. The second kappa shape index (κ2) is 18.1. The molecule has 10 N–H and O–H groups in total. The summed E-state index contributed by atoms with van der Waals surface area (Å²) in [5.74, 6) is -4.15. The summed E-state index contributed by atoms with van der Waals surface area (Å²) < 4.78 is 0. The molecule has 1 aromatic carbocycles. The lowest BCUT2D eigenvalue weighted by molar-refractivity contribution is -0.141. The van der Waals surface area contributed by atoms with Gasteiger partial charge >= 0.3 is 12.0 Å². The average Bonchev–Trinajstić information content (AvgIpc) is 2.95. The van der Waals surface area contributed by atoms with Gasteiger partial charge in [0.1, 0.15) is 12.1 Å². The van der Waals surface area contributed by atoms with Gasteiger partial charge < -0.3 is 32.5 Å². The molecule has 0 aromatic heterocycles. The third-order valence-electron chi connectivity index (χ3n) is 6.76. The Labute approximate surface area is 250 Å². The highest BCUT2D eigenvalue weighted by Gasteiger charge is 2.31. The lowest BCUT2D eigenvalue weighted by Crippen LogP contribution is -2.59. The van der Waals surface area contributed by atoms with E-state index in [-0.39, 0.29) is 38.1 Å². The van der Waals surface area contributed by atoms with Crippen molar-refractivity contribution in [2.75, 3.05) is 6.54 Å². The van der Waals surface area contributed by atoms with E-state index < -0.39 is 60.1 Å². The number of benzene rings is 1. The predicted molar refractivity (Wildman–Crippen MR) is 156 cm³/mol. The maximum Gasteiger partial charge on any atom is 0.337 e. The summed E-state index contributed by atoms with van der Waals surface area (Å²) in [6.45, 7) is 0.224. The number of ketones is 1. The number of carbonyl (C=O) groups excluding carboxylic acids is 5.